The zero-order valence-electron chi connectivity index (χ0n) is 12.4. The first kappa shape index (κ1) is 14.8. The van der Waals surface area contributed by atoms with E-state index in [0.29, 0.717) is 39.1 Å². The van der Waals surface area contributed by atoms with Crippen LogP contribution in [0.3, 0.4) is 0 Å². The second kappa shape index (κ2) is 5.69. The van der Waals surface area contributed by atoms with Crippen LogP contribution in [0.4, 0.5) is 4.39 Å². The fraction of sp³-hybridized carbons (Fsp3) is 0.0556. The normalized spacial score (nSPS) is 12.8. The molecular weight excluding hydrogens is 329 g/mol. The Hall–Kier alpha value is -2.79. The van der Waals surface area contributed by atoms with Crippen LogP contribution in [-0.2, 0) is 6.54 Å². The molecule has 1 aliphatic rings. The van der Waals surface area contributed by atoms with Crippen LogP contribution in [0, 0.1) is 5.82 Å². The zero-order chi connectivity index (χ0) is 16.7. The highest BCUT2D eigenvalue weighted by molar-refractivity contribution is 6.31. The number of hydrogen-bond acceptors (Lipinski definition) is 3. The number of aldehydes is 1. The fourth-order valence-electron chi connectivity index (χ4n) is 2.89. The number of carbonyl (C=O) groups excluding carboxylic acids is 1. The Bertz CT molecular complexity index is 994. The van der Waals surface area contributed by atoms with Gasteiger partial charge in [0.15, 0.2) is 6.29 Å². The van der Waals surface area contributed by atoms with Gasteiger partial charge in [0.1, 0.15) is 17.3 Å². The predicted octanol–water partition coefficient (Wildman–Crippen LogP) is 3.83. The zero-order valence-corrected chi connectivity index (χ0v) is 13.2. The van der Waals surface area contributed by atoms with Crippen LogP contribution in [0.25, 0.3) is 5.69 Å². The monoisotopic (exact) mass is 339 g/mol. The molecule has 0 saturated heterocycles. The number of aromatic nitrogens is 2. The molecule has 4 nitrogen and oxygen atoms in total. The number of nitrogens with zero attached hydrogens (tertiary/aromatic N) is 3. The molecule has 0 spiro atoms. The number of rotatable bonds is 2. The lowest BCUT2D eigenvalue weighted by Gasteiger charge is -2.13. The summed E-state index contributed by atoms with van der Waals surface area (Å²) in [7, 11) is 0. The summed E-state index contributed by atoms with van der Waals surface area (Å²) in [5.41, 5.74) is 2.66. The van der Waals surface area contributed by atoms with Gasteiger partial charge in [-0.2, -0.15) is 0 Å². The van der Waals surface area contributed by atoms with E-state index in [9.17, 15) is 9.18 Å². The first-order valence-electron chi connectivity index (χ1n) is 7.30. The molecular formula is C18H11ClFN3O. The van der Waals surface area contributed by atoms with Crippen LogP contribution in [0.5, 0.6) is 0 Å². The van der Waals surface area contributed by atoms with Crippen molar-refractivity contribution in [2.24, 2.45) is 4.99 Å². The molecule has 0 bridgehead atoms. The highest BCUT2D eigenvalue weighted by atomic mass is 35.5. The maximum Gasteiger partial charge on any atom is 0.168 e. The van der Waals surface area contributed by atoms with E-state index in [2.05, 4.69) is 9.98 Å². The maximum absolute atomic E-state index is 14.3. The molecule has 0 atom stereocenters. The Kier molecular flexibility index (Phi) is 3.50. The van der Waals surface area contributed by atoms with E-state index >= 15 is 0 Å². The van der Waals surface area contributed by atoms with Crippen molar-refractivity contribution in [3.05, 3.63) is 82.1 Å². The SMILES string of the molecule is O=Cc1cnc2n1-c1ccc(Cl)cc1C(c1ccccc1F)=NC2. The van der Waals surface area contributed by atoms with Crippen LogP contribution in [0.2, 0.25) is 5.02 Å². The van der Waals surface area contributed by atoms with Gasteiger partial charge in [0, 0.05) is 16.1 Å². The summed E-state index contributed by atoms with van der Waals surface area (Å²) in [6.07, 6.45) is 2.24. The minimum atomic E-state index is -0.364. The average molecular weight is 340 g/mol. The van der Waals surface area contributed by atoms with Gasteiger partial charge in [-0.3, -0.25) is 14.4 Å². The van der Waals surface area contributed by atoms with Gasteiger partial charge in [0.2, 0.25) is 0 Å². The molecule has 0 N–H and O–H groups in total. The molecule has 0 fully saturated rings. The third-order valence-electron chi connectivity index (χ3n) is 3.95. The summed E-state index contributed by atoms with van der Waals surface area (Å²) < 4.78 is 16.0. The quantitative estimate of drug-likeness (QED) is 0.666. The Morgan fingerprint density at radius 1 is 1.17 bits per heavy atom. The lowest BCUT2D eigenvalue weighted by molar-refractivity contribution is 0.111. The fourth-order valence-corrected chi connectivity index (χ4v) is 3.06. The Morgan fingerprint density at radius 3 is 2.79 bits per heavy atom. The van der Waals surface area contributed by atoms with E-state index < -0.39 is 0 Å². The number of fused-ring (bicyclic) bond motifs is 3. The van der Waals surface area contributed by atoms with E-state index in [4.69, 9.17) is 11.6 Å². The third-order valence-corrected chi connectivity index (χ3v) is 4.18. The molecule has 118 valence electrons. The van der Waals surface area contributed by atoms with Gasteiger partial charge in [-0.15, -0.1) is 0 Å². The van der Waals surface area contributed by atoms with E-state index in [1.807, 2.05) is 0 Å². The van der Waals surface area contributed by atoms with Crippen molar-refractivity contribution in [1.29, 1.82) is 0 Å². The molecule has 0 amide bonds. The van der Waals surface area contributed by atoms with Crippen molar-refractivity contribution < 1.29 is 9.18 Å². The highest BCUT2D eigenvalue weighted by Crippen LogP contribution is 2.29. The maximum atomic E-state index is 14.3. The number of carbonyl (C=O) groups is 1. The van der Waals surface area contributed by atoms with Crippen LogP contribution in [0.1, 0.15) is 27.4 Å². The van der Waals surface area contributed by atoms with Gasteiger partial charge in [0.25, 0.3) is 0 Å². The molecule has 1 aromatic heterocycles. The molecule has 0 radical (unpaired) electrons. The molecule has 6 heteroatoms. The van der Waals surface area contributed by atoms with Gasteiger partial charge < -0.3 is 0 Å². The smallest absolute Gasteiger partial charge is 0.168 e. The second-order valence-corrected chi connectivity index (χ2v) is 5.80. The van der Waals surface area contributed by atoms with Gasteiger partial charge >= 0.3 is 0 Å². The largest absolute Gasteiger partial charge is 0.296 e. The number of imidazole rings is 1. The van der Waals surface area contributed by atoms with E-state index in [1.54, 1.807) is 41.0 Å². The summed E-state index contributed by atoms with van der Waals surface area (Å²) in [6, 6.07) is 11.7. The van der Waals surface area contributed by atoms with Crippen LogP contribution >= 0.6 is 11.6 Å². The molecule has 2 heterocycles. The summed E-state index contributed by atoms with van der Waals surface area (Å²) in [5, 5.41) is 0.508. The Labute approximate surface area is 142 Å². The topological polar surface area (TPSA) is 47.2 Å². The predicted molar refractivity (Wildman–Crippen MR) is 89.7 cm³/mol. The van der Waals surface area contributed by atoms with Gasteiger partial charge in [-0.25, -0.2) is 9.37 Å². The second-order valence-electron chi connectivity index (χ2n) is 5.36. The molecule has 1 aliphatic heterocycles. The molecule has 4 rings (SSSR count). The number of halogens is 2. The van der Waals surface area contributed by atoms with Crippen molar-refractivity contribution in [3.8, 4) is 5.69 Å². The van der Waals surface area contributed by atoms with E-state index in [0.717, 1.165) is 6.29 Å². The summed E-state index contributed by atoms with van der Waals surface area (Å²) in [6.45, 7) is 0.240. The highest BCUT2D eigenvalue weighted by Gasteiger charge is 2.23. The first-order chi connectivity index (χ1) is 11.7. The molecule has 0 aliphatic carbocycles. The van der Waals surface area contributed by atoms with Crippen LogP contribution < -0.4 is 0 Å². The van der Waals surface area contributed by atoms with Crippen molar-refractivity contribution in [2.75, 3.05) is 0 Å². The number of hydrogen-bond donors (Lipinski definition) is 0. The van der Waals surface area contributed by atoms with Crippen LogP contribution in [-0.4, -0.2) is 21.5 Å². The Balaban J connectivity index is 2.03. The summed E-state index contributed by atoms with van der Waals surface area (Å²) >= 11 is 6.15. The first-order valence-corrected chi connectivity index (χ1v) is 7.68. The van der Waals surface area contributed by atoms with Crippen molar-refractivity contribution in [3.63, 3.8) is 0 Å². The van der Waals surface area contributed by atoms with Crippen LogP contribution in [0.15, 0.2) is 53.7 Å². The van der Waals surface area contributed by atoms with E-state index in [-0.39, 0.29) is 12.4 Å². The third kappa shape index (κ3) is 2.25. The standard InChI is InChI=1S/C18H11ClFN3O/c19-11-5-6-16-14(7-11)18(13-3-1-2-4-15(13)20)22-9-17-21-8-12(10-24)23(16)17/h1-8,10H,9H2. The van der Waals surface area contributed by atoms with Crippen molar-refractivity contribution in [1.82, 2.24) is 9.55 Å². The molecule has 2 aromatic carbocycles. The lowest BCUT2D eigenvalue weighted by Crippen LogP contribution is -2.10. The number of benzene rings is 2. The van der Waals surface area contributed by atoms with E-state index in [1.165, 1.54) is 12.3 Å². The van der Waals surface area contributed by atoms with Crippen molar-refractivity contribution in [2.45, 2.75) is 6.54 Å². The minimum absolute atomic E-state index is 0.240. The van der Waals surface area contributed by atoms with Gasteiger partial charge in [0.05, 0.1) is 24.1 Å². The van der Waals surface area contributed by atoms with Gasteiger partial charge in [-0.1, -0.05) is 23.7 Å². The average Bonchev–Trinajstić information content (AvgIpc) is 2.93. The number of aliphatic imine (C=N–C) groups is 1. The van der Waals surface area contributed by atoms with Crippen molar-refractivity contribution >= 4 is 23.6 Å². The molecule has 0 saturated carbocycles. The van der Waals surface area contributed by atoms with Gasteiger partial charge in [-0.05, 0) is 30.3 Å². The summed E-state index contributed by atoms with van der Waals surface area (Å²) in [5.74, 6) is 0.254. The Morgan fingerprint density at radius 2 is 2.00 bits per heavy atom. The minimum Gasteiger partial charge on any atom is -0.296 e. The summed E-state index contributed by atoms with van der Waals surface area (Å²) in [4.78, 5) is 20.2. The molecule has 24 heavy (non-hydrogen) atoms. The lowest BCUT2D eigenvalue weighted by atomic mass is 10.00. The molecule has 3 aromatic rings. The molecule has 0 unspecified atom stereocenters.